The van der Waals surface area contributed by atoms with Crippen LogP contribution in [0.3, 0.4) is 0 Å². The fourth-order valence-electron chi connectivity index (χ4n) is 7.61. The van der Waals surface area contributed by atoms with Crippen molar-refractivity contribution in [1.82, 2.24) is 29.9 Å². The highest BCUT2D eigenvalue weighted by Gasteiger charge is 2.67. The average Bonchev–Trinajstić information content (AvgIpc) is 3.67. The standard InChI is InChI=1S/C32H39N9O8/c1-38(2)20-9-15(12-40(13-16-5-7-35-37-16)14-17-6-8-36-41(17)34)25(42)21-18(20)10-31(48)11-19-24(39(3)4)27(44)22(30(33)47)28(45)32(19,49)29(46)23(31)26(21)43/h5-9,19,24,42-43,45,48-49H,10-14,34H2,1-4H3,(H2,33,47)(H,35,37)/t19-,24-,31+,32+/m0/s1. The number of fused-ring (bicyclic) bond motifs is 3. The van der Waals surface area contributed by atoms with Gasteiger partial charge in [-0.3, -0.25) is 29.3 Å². The number of nitrogens with two attached hydrogens (primary N) is 2. The lowest BCUT2D eigenvalue weighted by Crippen LogP contribution is -2.69. The molecule has 2 heterocycles. The summed E-state index contributed by atoms with van der Waals surface area (Å²) >= 11 is 0. The van der Waals surface area contributed by atoms with Crippen molar-refractivity contribution < 1.29 is 39.9 Å². The molecule has 0 unspecified atom stereocenters. The number of carbonyl (C=O) groups is 3. The number of hydrogen-bond acceptors (Lipinski definition) is 14. The van der Waals surface area contributed by atoms with Crippen LogP contribution in [0.2, 0.25) is 0 Å². The van der Waals surface area contributed by atoms with Gasteiger partial charge >= 0.3 is 0 Å². The van der Waals surface area contributed by atoms with Crippen LogP contribution < -0.4 is 16.5 Å². The van der Waals surface area contributed by atoms with Crippen molar-refractivity contribution in [2.45, 2.75) is 49.7 Å². The molecule has 3 aromatic rings. The molecule has 260 valence electrons. The number of carbonyl (C=O) groups excluding carboxylic acids is 3. The Morgan fingerprint density at radius 3 is 2.37 bits per heavy atom. The number of primary amides is 1. The fraction of sp³-hybridized carbons (Fsp3) is 0.406. The van der Waals surface area contributed by atoms with Crippen LogP contribution in [0.5, 0.6) is 5.75 Å². The van der Waals surface area contributed by atoms with E-state index in [1.54, 1.807) is 49.6 Å². The van der Waals surface area contributed by atoms with E-state index in [9.17, 15) is 39.9 Å². The minimum atomic E-state index is -2.90. The number of rotatable bonds is 9. The van der Waals surface area contributed by atoms with Crippen molar-refractivity contribution in [3.63, 3.8) is 0 Å². The zero-order valence-electron chi connectivity index (χ0n) is 27.4. The first-order valence-electron chi connectivity index (χ1n) is 15.4. The third kappa shape index (κ3) is 5.13. The minimum absolute atomic E-state index is 0.106. The van der Waals surface area contributed by atoms with Crippen molar-refractivity contribution in [3.8, 4) is 5.75 Å². The Bertz CT molecular complexity index is 1930. The van der Waals surface area contributed by atoms with Gasteiger partial charge in [-0.25, -0.2) is 0 Å². The highest BCUT2D eigenvalue weighted by atomic mass is 16.4. The second kappa shape index (κ2) is 11.7. The van der Waals surface area contributed by atoms with Crippen molar-refractivity contribution >= 4 is 28.9 Å². The number of aromatic amines is 1. The lowest BCUT2D eigenvalue weighted by Gasteiger charge is -2.53. The summed E-state index contributed by atoms with van der Waals surface area (Å²) in [6.45, 7) is 0.746. The number of nitrogens with zero attached hydrogens (tertiary/aromatic N) is 6. The van der Waals surface area contributed by atoms with E-state index in [1.165, 1.54) is 23.8 Å². The third-order valence-corrected chi connectivity index (χ3v) is 9.80. The van der Waals surface area contributed by atoms with Gasteiger partial charge in [-0.2, -0.15) is 15.0 Å². The van der Waals surface area contributed by atoms with Gasteiger partial charge in [0, 0.05) is 69.2 Å². The monoisotopic (exact) mass is 677 g/mol. The predicted molar refractivity (Wildman–Crippen MR) is 174 cm³/mol. The van der Waals surface area contributed by atoms with E-state index in [0.717, 1.165) is 5.69 Å². The molecule has 17 nitrogen and oxygen atoms in total. The van der Waals surface area contributed by atoms with Crippen molar-refractivity contribution in [2.24, 2.45) is 11.7 Å². The molecule has 17 heteroatoms. The largest absolute Gasteiger partial charge is 0.508 e. The number of ketones is 2. The Kier molecular flexibility index (Phi) is 8.06. The molecule has 3 aliphatic carbocycles. The summed E-state index contributed by atoms with van der Waals surface area (Å²) in [5.41, 5.74) is 1.23. The molecule has 10 N–H and O–H groups in total. The van der Waals surface area contributed by atoms with Crippen molar-refractivity contribution in [3.05, 3.63) is 75.6 Å². The molecule has 0 radical (unpaired) electrons. The molecule has 0 aliphatic heterocycles. The Morgan fingerprint density at radius 1 is 1.08 bits per heavy atom. The molecule has 0 spiro atoms. The lowest BCUT2D eigenvalue weighted by molar-refractivity contribution is -0.161. The molecule has 0 saturated heterocycles. The van der Waals surface area contributed by atoms with Gasteiger partial charge in [-0.05, 0) is 44.3 Å². The van der Waals surface area contributed by atoms with E-state index in [-0.39, 0.29) is 24.3 Å². The number of aromatic nitrogens is 4. The van der Waals surface area contributed by atoms with E-state index in [0.29, 0.717) is 35.6 Å². The molecule has 0 bridgehead atoms. The first-order chi connectivity index (χ1) is 23.0. The second-order valence-corrected chi connectivity index (χ2v) is 13.3. The number of aliphatic hydroxyl groups excluding tert-OH is 2. The van der Waals surface area contributed by atoms with E-state index in [1.807, 2.05) is 4.90 Å². The Hall–Kier alpha value is -5.23. The second-order valence-electron chi connectivity index (χ2n) is 13.3. The zero-order valence-corrected chi connectivity index (χ0v) is 27.4. The van der Waals surface area contributed by atoms with Crippen molar-refractivity contribution in [2.75, 3.05) is 38.9 Å². The van der Waals surface area contributed by atoms with Crippen LogP contribution in [-0.4, -0.2) is 118 Å². The average molecular weight is 678 g/mol. The number of Topliss-reactive ketones (excluding diaryl/α,β-unsaturated/α-hetero) is 2. The molecule has 1 aromatic carbocycles. The summed E-state index contributed by atoms with van der Waals surface area (Å²) in [5.74, 6) is -1.46. The summed E-state index contributed by atoms with van der Waals surface area (Å²) in [6.07, 6.45) is 2.39. The number of likely N-dealkylation sites (N-methyl/N-ethyl adjacent to an activating group) is 1. The number of hydrogen-bond donors (Lipinski definition) is 8. The number of anilines is 1. The Balaban J connectivity index is 1.51. The zero-order chi connectivity index (χ0) is 35.7. The number of benzene rings is 1. The topological polar surface area (TPSA) is 261 Å². The molecule has 49 heavy (non-hydrogen) atoms. The van der Waals surface area contributed by atoms with E-state index < -0.39 is 69.7 Å². The number of phenols is 1. The number of nitrogens with one attached hydrogen (secondary N) is 1. The van der Waals surface area contributed by atoms with Crippen LogP contribution in [-0.2, 0) is 40.4 Å². The quantitative estimate of drug-likeness (QED) is 0.0996. The molecule has 2 aromatic heterocycles. The lowest BCUT2D eigenvalue weighted by atomic mass is 9.55. The molecule has 3 aliphatic rings. The predicted octanol–water partition coefficient (Wildman–Crippen LogP) is -1.02. The summed E-state index contributed by atoms with van der Waals surface area (Å²) in [4.78, 5) is 46.3. The Morgan fingerprint density at radius 2 is 1.80 bits per heavy atom. The van der Waals surface area contributed by atoms with Gasteiger partial charge in [0.2, 0.25) is 5.78 Å². The highest BCUT2D eigenvalue weighted by molar-refractivity contribution is 6.24. The smallest absolute Gasteiger partial charge is 0.255 e. The van der Waals surface area contributed by atoms with Crippen molar-refractivity contribution in [1.29, 1.82) is 0 Å². The molecule has 6 rings (SSSR count). The van der Waals surface area contributed by atoms with Gasteiger partial charge < -0.3 is 42.0 Å². The molecule has 4 atom stereocenters. The SMILES string of the molecule is CN(C)c1cc(CN(Cc2ccn[nH]2)Cc2ccnn2N)c(O)c2c1C[C@@]1(O)C[C@H]3[C@H](N(C)C)C(=O)C(C(N)=O)=C(O)[C@@]3(O)C(=O)C1=C2O. The summed E-state index contributed by atoms with van der Waals surface area (Å²) in [6, 6.07) is 3.92. The molecule has 1 amide bonds. The van der Waals surface area contributed by atoms with Crippen LogP contribution >= 0.6 is 0 Å². The van der Waals surface area contributed by atoms with Gasteiger partial charge in [-0.1, -0.05) is 0 Å². The van der Waals surface area contributed by atoms with Crippen LogP contribution in [0.4, 0.5) is 5.69 Å². The Labute approximate surface area is 280 Å². The van der Waals surface area contributed by atoms with Crippen LogP contribution in [0.25, 0.3) is 5.76 Å². The van der Waals surface area contributed by atoms with E-state index in [4.69, 9.17) is 11.6 Å². The van der Waals surface area contributed by atoms with E-state index in [2.05, 4.69) is 15.3 Å². The van der Waals surface area contributed by atoms with Gasteiger partial charge in [-0.15, -0.1) is 0 Å². The molecule has 1 fully saturated rings. The maximum Gasteiger partial charge on any atom is 0.255 e. The molecule has 1 saturated carbocycles. The van der Waals surface area contributed by atoms with Gasteiger partial charge in [0.15, 0.2) is 11.4 Å². The van der Waals surface area contributed by atoms with Crippen LogP contribution in [0.1, 0.15) is 34.5 Å². The number of H-pyrrole nitrogens is 1. The number of nitrogen functional groups attached to an aromatic ring is 1. The summed E-state index contributed by atoms with van der Waals surface area (Å²) in [5, 5.41) is 69.9. The maximum absolute atomic E-state index is 14.3. The summed E-state index contributed by atoms with van der Waals surface area (Å²) in [7, 11) is 6.45. The fourth-order valence-corrected chi connectivity index (χ4v) is 7.61. The summed E-state index contributed by atoms with van der Waals surface area (Å²) < 4.78 is 0. The van der Waals surface area contributed by atoms with Gasteiger partial charge in [0.1, 0.15) is 28.4 Å². The van der Waals surface area contributed by atoms with Gasteiger partial charge in [0.25, 0.3) is 5.91 Å². The van der Waals surface area contributed by atoms with Crippen LogP contribution in [0, 0.1) is 5.92 Å². The molecular weight excluding hydrogens is 638 g/mol. The highest BCUT2D eigenvalue weighted by Crippen LogP contribution is 2.55. The molecular formula is C32H39N9O8. The third-order valence-electron chi connectivity index (χ3n) is 9.80. The number of phenolic OH excluding ortho intramolecular Hbond substituents is 1. The number of amides is 1. The normalized spacial score (nSPS) is 25.1. The number of aliphatic hydroxyl groups is 4. The first-order valence-corrected chi connectivity index (χ1v) is 15.4. The van der Waals surface area contributed by atoms with Crippen LogP contribution in [0.15, 0.2) is 47.5 Å². The number of aromatic hydroxyl groups is 1. The maximum atomic E-state index is 14.3. The minimum Gasteiger partial charge on any atom is -0.508 e. The first kappa shape index (κ1) is 33.7. The van der Waals surface area contributed by atoms with Gasteiger partial charge in [0.05, 0.1) is 29.1 Å². The van der Waals surface area contributed by atoms with E-state index >= 15 is 0 Å².